The Bertz CT molecular complexity index is 1190. The van der Waals surface area contributed by atoms with Gasteiger partial charge in [0.1, 0.15) is 10.9 Å². The number of nitrogens with zero attached hydrogens (tertiary/aromatic N) is 2. The van der Waals surface area contributed by atoms with E-state index in [4.69, 9.17) is 11.6 Å². The second-order valence-corrected chi connectivity index (χ2v) is 12.0. The highest BCUT2D eigenvalue weighted by Crippen LogP contribution is 2.47. The lowest BCUT2D eigenvalue weighted by atomic mass is 9.86. The molecule has 1 N–H and O–H groups in total. The monoisotopic (exact) mass is 487 g/mol. The van der Waals surface area contributed by atoms with Crippen LogP contribution in [0, 0.1) is 5.92 Å². The molecule has 174 valence electrons. The van der Waals surface area contributed by atoms with Crippen molar-refractivity contribution in [2.75, 3.05) is 5.32 Å². The van der Waals surface area contributed by atoms with Crippen molar-refractivity contribution in [3.8, 4) is 0 Å². The number of halogens is 1. The Kier molecular flexibility index (Phi) is 5.99. The van der Waals surface area contributed by atoms with Crippen molar-refractivity contribution in [3.63, 3.8) is 0 Å². The van der Waals surface area contributed by atoms with Gasteiger partial charge in [0.25, 0.3) is 0 Å². The fourth-order valence-electron chi connectivity index (χ4n) is 4.72. The van der Waals surface area contributed by atoms with Gasteiger partial charge in [0, 0.05) is 12.8 Å². The first-order valence-corrected chi connectivity index (χ1v) is 13.4. The average Bonchev–Trinajstić information content (AvgIpc) is 3.70. The molecule has 0 radical (unpaired) electrons. The van der Waals surface area contributed by atoms with Gasteiger partial charge in [-0.3, -0.25) is 9.59 Å². The van der Waals surface area contributed by atoms with Crippen LogP contribution >= 0.6 is 11.6 Å². The normalized spacial score (nSPS) is 21.7. The quantitative estimate of drug-likeness (QED) is 0.590. The number of Topliss-reactive ketones (excluding diaryl/α,β-unsaturated/α-hetero) is 1. The highest BCUT2D eigenvalue weighted by atomic mass is 35.5. The summed E-state index contributed by atoms with van der Waals surface area (Å²) >= 11 is 5.80. The summed E-state index contributed by atoms with van der Waals surface area (Å²) in [6, 6.07) is 5.38. The third-order valence-electron chi connectivity index (χ3n) is 6.83. The minimum absolute atomic E-state index is 0.129. The number of nitrogens with one attached hydrogen (secondary N) is 1. The van der Waals surface area contributed by atoms with Gasteiger partial charge in [-0.05, 0) is 67.6 Å². The van der Waals surface area contributed by atoms with E-state index in [0.29, 0.717) is 30.0 Å². The van der Waals surface area contributed by atoms with Gasteiger partial charge in [-0.1, -0.05) is 23.7 Å². The van der Waals surface area contributed by atoms with Gasteiger partial charge in [0.15, 0.2) is 15.7 Å². The van der Waals surface area contributed by atoms with Crippen LogP contribution in [0.25, 0.3) is 0 Å². The van der Waals surface area contributed by atoms with E-state index in [2.05, 4.69) is 15.3 Å². The number of ketones is 1. The molecule has 2 aromatic rings. The van der Waals surface area contributed by atoms with Crippen LogP contribution in [0.2, 0.25) is 5.15 Å². The Balaban J connectivity index is 1.47. The van der Waals surface area contributed by atoms with Gasteiger partial charge in [0.05, 0.1) is 28.5 Å². The number of amides is 1. The van der Waals surface area contributed by atoms with Crippen LogP contribution in [0.4, 0.5) is 5.82 Å². The lowest BCUT2D eigenvalue weighted by molar-refractivity contribution is -0.119. The molecule has 0 spiro atoms. The maximum Gasteiger partial charge on any atom is 0.233 e. The molecule has 3 fully saturated rings. The zero-order chi connectivity index (χ0) is 23.2. The predicted octanol–water partition coefficient (Wildman–Crippen LogP) is 4.43. The first-order valence-electron chi connectivity index (χ1n) is 11.5. The molecule has 9 heteroatoms. The highest BCUT2D eigenvalue weighted by molar-refractivity contribution is 7.92. The van der Waals surface area contributed by atoms with Crippen LogP contribution in [0.1, 0.15) is 74.3 Å². The summed E-state index contributed by atoms with van der Waals surface area (Å²) in [5, 5.41) is 2.78. The number of carbonyl (C=O) groups excluding carboxylic acids is 2. The molecule has 2 atom stereocenters. The van der Waals surface area contributed by atoms with Gasteiger partial charge in [-0.25, -0.2) is 18.4 Å². The van der Waals surface area contributed by atoms with E-state index in [9.17, 15) is 18.0 Å². The first kappa shape index (κ1) is 22.5. The third-order valence-corrected chi connectivity index (χ3v) is 9.36. The first-order chi connectivity index (χ1) is 15.8. The van der Waals surface area contributed by atoms with Crippen LogP contribution < -0.4 is 5.32 Å². The molecular formula is C24H26ClN3O4S. The zero-order valence-corrected chi connectivity index (χ0v) is 19.7. The summed E-state index contributed by atoms with van der Waals surface area (Å²) in [5.41, 5.74) is 1.62. The molecular weight excluding hydrogens is 462 g/mol. The summed E-state index contributed by atoms with van der Waals surface area (Å²) in [5.74, 6) is 0.120. The molecule has 0 aliphatic heterocycles. The van der Waals surface area contributed by atoms with E-state index < -0.39 is 15.8 Å². The van der Waals surface area contributed by atoms with E-state index in [-0.39, 0.29) is 33.9 Å². The SMILES string of the molecule is O=C1CC[C@H](CC(C(=O)Nc2cnc(Cl)cn2)c2ccc(S(=O)(=O)C3CC3)c(C3CC3)c2)C1. The lowest BCUT2D eigenvalue weighted by Gasteiger charge is -2.22. The lowest BCUT2D eigenvalue weighted by Crippen LogP contribution is -2.24. The molecule has 0 saturated heterocycles. The number of benzene rings is 1. The molecule has 5 rings (SSSR count). The van der Waals surface area contributed by atoms with Crippen LogP contribution in [-0.4, -0.2) is 35.3 Å². The van der Waals surface area contributed by atoms with E-state index in [1.54, 1.807) is 12.1 Å². The number of sulfone groups is 1. The van der Waals surface area contributed by atoms with Crippen molar-refractivity contribution in [1.29, 1.82) is 0 Å². The van der Waals surface area contributed by atoms with E-state index in [0.717, 1.165) is 43.2 Å². The zero-order valence-electron chi connectivity index (χ0n) is 18.2. The van der Waals surface area contributed by atoms with Crippen molar-refractivity contribution in [2.24, 2.45) is 5.92 Å². The second-order valence-electron chi connectivity index (χ2n) is 9.47. The minimum atomic E-state index is -3.32. The van der Waals surface area contributed by atoms with Crippen LogP contribution in [-0.2, 0) is 19.4 Å². The molecule has 3 aliphatic rings. The molecule has 33 heavy (non-hydrogen) atoms. The summed E-state index contributed by atoms with van der Waals surface area (Å²) in [6.45, 7) is 0. The summed E-state index contributed by atoms with van der Waals surface area (Å²) in [6.07, 6.45) is 8.46. The minimum Gasteiger partial charge on any atom is -0.309 e. The van der Waals surface area contributed by atoms with E-state index in [1.165, 1.54) is 12.4 Å². The molecule has 1 unspecified atom stereocenters. The van der Waals surface area contributed by atoms with Crippen molar-refractivity contribution in [2.45, 2.75) is 73.3 Å². The number of hydrogen-bond acceptors (Lipinski definition) is 6. The van der Waals surface area contributed by atoms with Crippen LogP contribution in [0.15, 0.2) is 35.5 Å². The fourth-order valence-corrected chi connectivity index (χ4v) is 6.75. The molecule has 3 saturated carbocycles. The topological polar surface area (TPSA) is 106 Å². The molecule has 1 amide bonds. The molecule has 7 nitrogen and oxygen atoms in total. The van der Waals surface area contributed by atoms with Gasteiger partial charge in [0.2, 0.25) is 5.91 Å². The number of hydrogen-bond donors (Lipinski definition) is 1. The third kappa shape index (κ3) is 4.96. The highest BCUT2D eigenvalue weighted by Gasteiger charge is 2.41. The van der Waals surface area contributed by atoms with Crippen molar-refractivity contribution in [3.05, 3.63) is 46.9 Å². The smallest absolute Gasteiger partial charge is 0.233 e. The van der Waals surface area contributed by atoms with Gasteiger partial charge in [-0.15, -0.1) is 0 Å². The van der Waals surface area contributed by atoms with Crippen LogP contribution in [0.5, 0.6) is 0 Å². The standard InChI is InChI=1S/C24H26ClN3O4S/c25-22-12-27-23(13-26-22)28-24(30)20(10-14-1-5-17(29)9-14)16-4-8-21(19(11-16)15-2-3-15)33(31,32)18-6-7-18/h4,8,11-15,18,20H,1-3,5-7,9-10H2,(H,27,28,30)/t14-,20?/m0/s1. The summed E-state index contributed by atoms with van der Waals surface area (Å²) in [4.78, 5) is 33.7. The van der Waals surface area contributed by atoms with Gasteiger partial charge in [-0.2, -0.15) is 0 Å². The number of rotatable bonds is 8. The molecule has 1 aromatic heterocycles. The van der Waals surface area contributed by atoms with Crippen molar-refractivity contribution >= 4 is 38.9 Å². The number of carbonyl (C=O) groups is 2. The van der Waals surface area contributed by atoms with Crippen LogP contribution in [0.3, 0.4) is 0 Å². The largest absolute Gasteiger partial charge is 0.309 e. The molecule has 0 bridgehead atoms. The van der Waals surface area contributed by atoms with E-state index in [1.807, 2.05) is 6.07 Å². The van der Waals surface area contributed by atoms with Gasteiger partial charge < -0.3 is 5.32 Å². The van der Waals surface area contributed by atoms with Crippen molar-refractivity contribution < 1.29 is 18.0 Å². The van der Waals surface area contributed by atoms with Gasteiger partial charge >= 0.3 is 0 Å². The Morgan fingerprint density at radius 3 is 2.52 bits per heavy atom. The second kappa shape index (κ2) is 8.80. The molecule has 1 heterocycles. The summed E-state index contributed by atoms with van der Waals surface area (Å²) in [7, 11) is -3.32. The Labute approximate surface area is 198 Å². The predicted molar refractivity (Wildman–Crippen MR) is 124 cm³/mol. The maximum absolute atomic E-state index is 13.3. The number of aromatic nitrogens is 2. The molecule has 1 aromatic carbocycles. The Hall–Kier alpha value is -2.32. The average molecular weight is 488 g/mol. The Morgan fingerprint density at radius 2 is 1.91 bits per heavy atom. The molecule has 3 aliphatic carbocycles. The fraction of sp³-hybridized carbons (Fsp3) is 0.500. The summed E-state index contributed by atoms with van der Waals surface area (Å²) < 4.78 is 26.0. The van der Waals surface area contributed by atoms with Crippen molar-refractivity contribution in [1.82, 2.24) is 9.97 Å². The Morgan fingerprint density at radius 1 is 1.12 bits per heavy atom. The number of anilines is 1. The van der Waals surface area contributed by atoms with E-state index >= 15 is 0 Å². The maximum atomic E-state index is 13.3.